The number of piperazine rings is 1. The summed E-state index contributed by atoms with van der Waals surface area (Å²) in [5.41, 5.74) is 0.265. The number of rotatable bonds is 6. The molecule has 1 aliphatic rings. The van der Waals surface area contributed by atoms with Crippen molar-refractivity contribution in [2.75, 3.05) is 6.54 Å². The van der Waals surface area contributed by atoms with Gasteiger partial charge >= 0.3 is 0 Å². The van der Waals surface area contributed by atoms with E-state index in [1.165, 1.54) is 12.2 Å². The third-order valence-corrected chi connectivity index (χ3v) is 4.48. The molecule has 1 fully saturated rings. The topological polar surface area (TPSA) is 49.4 Å². The maximum absolute atomic E-state index is 13.3. The number of nitrogens with one attached hydrogen (secondary N) is 1. The highest BCUT2D eigenvalue weighted by Gasteiger charge is 2.36. The number of carbonyl (C=O) groups is 2. The highest BCUT2D eigenvalue weighted by molar-refractivity contribution is 5.96. The molecular weight excluding hydrogens is 350 g/mol. The van der Waals surface area contributed by atoms with Gasteiger partial charge in [-0.15, -0.1) is 0 Å². The maximum atomic E-state index is 13.3. The minimum Gasteiger partial charge on any atom is -0.350 e. The molecule has 2 amide bonds. The molecule has 0 saturated carbocycles. The predicted octanol–water partition coefficient (Wildman–Crippen LogP) is 3.77. The smallest absolute Gasteiger partial charge is 0.247 e. The van der Waals surface area contributed by atoms with E-state index < -0.39 is 17.7 Å². The second-order valence-corrected chi connectivity index (χ2v) is 8.01. The van der Waals surface area contributed by atoms with Crippen LogP contribution in [0.15, 0.2) is 24.3 Å². The maximum Gasteiger partial charge on any atom is 0.247 e. The lowest BCUT2D eigenvalue weighted by atomic mass is 9.95. The Labute approximate surface area is 159 Å². The Balaban J connectivity index is 2.20. The second-order valence-electron chi connectivity index (χ2n) is 8.01. The molecule has 0 bridgehead atoms. The lowest BCUT2D eigenvalue weighted by molar-refractivity contribution is -0.142. The van der Waals surface area contributed by atoms with Crippen LogP contribution >= 0.6 is 0 Å². The minimum atomic E-state index is -0.700. The molecule has 4 nitrogen and oxygen atoms in total. The number of amides is 2. The minimum absolute atomic E-state index is 0.0927. The molecule has 148 valence electrons. The van der Waals surface area contributed by atoms with E-state index in [9.17, 15) is 18.4 Å². The van der Waals surface area contributed by atoms with E-state index >= 15 is 0 Å². The number of carbonyl (C=O) groups excluding carboxylic acids is 2. The molecule has 1 aliphatic heterocycles. The Kier molecular flexibility index (Phi) is 7.11. The summed E-state index contributed by atoms with van der Waals surface area (Å²) in [6.07, 6.45) is 4.01. The Morgan fingerprint density at radius 2 is 1.74 bits per heavy atom. The highest BCUT2D eigenvalue weighted by Crippen LogP contribution is 2.20. The zero-order chi connectivity index (χ0) is 20.1. The van der Waals surface area contributed by atoms with Crippen LogP contribution in [0.2, 0.25) is 0 Å². The van der Waals surface area contributed by atoms with E-state index in [-0.39, 0.29) is 29.3 Å². The first-order chi connectivity index (χ1) is 12.7. The van der Waals surface area contributed by atoms with Gasteiger partial charge in [-0.25, -0.2) is 8.78 Å². The molecule has 1 saturated heterocycles. The fraction of sp³-hybridized carbons (Fsp3) is 0.524. The molecule has 1 N–H and O–H groups in total. The van der Waals surface area contributed by atoms with Crippen LogP contribution in [-0.2, 0) is 9.59 Å². The van der Waals surface area contributed by atoms with Crippen LogP contribution in [-0.4, -0.2) is 35.3 Å². The Hall–Kier alpha value is -2.24. The molecule has 0 radical (unpaired) electrons. The van der Waals surface area contributed by atoms with Crippen LogP contribution in [0.4, 0.5) is 8.78 Å². The van der Waals surface area contributed by atoms with Gasteiger partial charge in [0.2, 0.25) is 11.8 Å². The quantitative estimate of drug-likeness (QED) is 0.766. The number of hydrogen-bond acceptors (Lipinski definition) is 2. The highest BCUT2D eigenvalue weighted by atomic mass is 19.1. The fourth-order valence-corrected chi connectivity index (χ4v) is 3.41. The summed E-state index contributed by atoms with van der Waals surface area (Å²) < 4.78 is 26.6. The zero-order valence-corrected chi connectivity index (χ0v) is 16.3. The SMILES string of the molecule is CC(C)C[C@H]1CN(C(=O)/C=C/c2cc(F)cc(F)c2)[C@@H](CC(C)C)C(=O)N1. The van der Waals surface area contributed by atoms with Crippen LogP contribution < -0.4 is 5.32 Å². The lowest BCUT2D eigenvalue weighted by Crippen LogP contribution is -2.61. The lowest BCUT2D eigenvalue weighted by Gasteiger charge is -2.40. The first kappa shape index (κ1) is 21.1. The standard InChI is InChI=1S/C21H28F2N2O2/c1-13(2)7-18-12-25(19(8-14(3)4)21(27)24-18)20(26)6-5-15-9-16(22)11-17(23)10-15/h5-6,9-11,13-14,18-19H,7-8,12H2,1-4H3,(H,24,27)/b6-5+/t18-,19-/m0/s1. The first-order valence-electron chi connectivity index (χ1n) is 9.40. The van der Waals surface area contributed by atoms with Crippen LogP contribution in [0.25, 0.3) is 6.08 Å². The average Bonchev–Trinajstić information content (AvgIpc) is 2.53. The van der Waals surface area contributed by atoms with Gasteiger partial charge in [-0.3, -0.25) is 9.59 Å². The summed E-state index contributed by atoms with van der Waals surface area (Å²) in [4.78, 5) is 26.9. The summed E-state index contributed by atoms with van der Waals surface area (Å²) in [6.45, 7) is 8.57. The number of benzene rings is 1. The van der Waals surface area contributed by atoms with Crippen LogP contribution in [0.3, 0.4) is 0 Å². The van der Waals surface area contributed by atoms with Crippen LogP contribution in [0.1, 0.15) is 46.1 Å². The van der Waals surface area contributed by atoms with Crippen molar-refractivity contribution in [2.24, 2.45) is 11.8 Å². The van der Waals surface area contributed by atoms with Crippen molar-refractivity contribution < 1.29 is 18.4 Å². The molecule has 0 spiro atoms. The first-order valence-corrected chi connectivity index (χ1v) is 9.40. The van der Waals surface area contributed by atoms with Crippen molar-refractivity contribution in [3.63, 3.8) is 0 Å². The number of hydrogen-bond donors (Lipinski definition) is 1. The van der Waals surface area contributed by atoms with E-state index in [0.29, 0.717) is 18.9 Å². The van der Waals surface area contributed by atoms with Crippen LogP contribution in [0.5, 0.6) is 0 Å². The van der Waals surface area contributed by atoms with E-state index in [2.05, 4.69) is 19.2 Å². The van der Waals surface area contributed by atoms with Gasteiger partial charge in [0.15, 0.2) is 0 Å². The Morgan fingerprint density at radius 3 is 2.30 bits per heavy atom. The molecule has 0 aliphatic carbocycles. The molecule has 1 aromatic carbocycles. The molecule has 0 unspecified atom stereocenters. The Bertz CT molecular complexity index is 696. The molecule has 27 heavy (non-hydrogen) atoms. The monoisotopic (exact) mass is 378 g/mol. The van der Waals surface area contributed by atoms with Crippen molar-refractivity contribution >= 4 is 17.9 Å². The van der Waals surface area contributed by atoms with Gasteiger partial charge in [-0.05, 0) is 48.4 Å². The van der Waals surface area contributed by atoms with Crippen molar-refractivity contribution in [1.29, 1.82) is 0 Å². The predicted molar refractivity (Wildman–Crippen MR) is 102 cm³/mol. The summed E-state index contributed by atoms with van der Waals surface area (Å²) in [5.74, 6) is -1.23. The number of nitrogens with zero attached hydrogens (tertiary/aromatic N) is 1. The van der Waals surface area contributed by atoms with E-state index in [1.807, 2.05) is 13.8 Å². The Morgan fingerprint density at radius 1 is 1.15 bits per heavy atom. The van der Waals surface area contributed by atoms with Gasteiger partial charge in [0, 0.05) is 24.7 Å². The van der Waals surface area contributed by atoms with Crippen LogP contribution in [0, 0.1) is 23.5 Å². The van der Waals surface area contributed by atoms with Crippen molar-refractivity contribution in [3.8, 4) is 0 Å². The van der Waals surface area contributed by atoms with Gasteiger partial charge in [0.05, 0.1) is 0 Å². The molecule has 2 atom stereocenters. The summed E-state index contributed by atoms with van der Waals surface area (Å²) in [7, 11) is 0. The van der Waals surface area contributed by atoms with Gasteiger partial charge in [0.1, 0.15) is 17.7 Å². The third kappa shape index (κ3) is 6.15. The van der Waals surface area contributed by atoms with Crippen molar-refractivity contribution in [3.05, 3.63) is 41.5 Å². The molecule has 2 rings (SSSR count). The van der Waals surface area contributed by atoms with Crippen molar-refractivity contribution in [2.45, 2.75) is 52.6 Å². The summed E-state index contributed by atoms with van der Waals surface area (Å²) >= 11 is 0. The average molecular weight is 378 g/mol. The molecular formula is C21H28F2N2O2. The largest absolute Gasteiger partial charge is 0.350 e. The van der Waals surface area contributed by atoms with E-state index in [1.54, 1.807) is 4.90 Å². The zero-order valence-electron chi connectivity index (χ0n) is 16.3. The normalized spacial score (nSPS) is 20.6. The third-order valence-electron chi connectivity index (χ3n) is 4.48. The van der Waals surface area contributed by atoms with E-state index in [4.69, 9.17) is 0 Å². The van der Waals surface area contributed by atoms with Crippen molar-refractivity contribution in [1.82, 2.24) is 10.2 Å². The van der Waals surface area contributed by atoms with Gasteiger partial charge in [0.25, 0.3) is 0 Å². The molecule has 6 heteroatoms. The summed E-state index contributed by atoms with van der Waals surface area (Å²) in [6, 6.07) is 2.47. The van der Waals surface area contributed by atoms with Gasteiger partial charge in [-0.2, -0.15) is 0 Å². The van der Waals surface area contributed by atoms with E-state index in [0.717, 1.165) is 24.6 Å². The fourth-order valence-electron chi connectivity index (χ4n) is 3.41. The molecule has 0 aromatic heterocycles. The van der Waals surface area contributed by atoms with Gasteiger partial charge < -0.3 is 10.2 Å². The second kappa shape index (κ2) is 9.11. The van der Waals surface area contributed by atoms with Gasteiger partial charge in [-0.1, -0.05) is 27.7 Å². The number of halogens is 2. The molecule has 1 heterocycles. The summed E-state index contributed by atoms with van der Waals surface area (Å²) in [5, 5.41) is 3.02. The molecule has 1 aromatic rings.